The lowest BCUT2D eigenvalue weighted by Crippen LogP contribution is -2.36. The van der Waals surface area contributed by atoms with E-state index in [1.807, 2.05) is 75.6 Å². The summed E-state index contributed by atoms with van der Waals surface area (Å²) in [6, 6.07) is 5.77. The van der Waals surface area contributed by atoms with Crippen LogP contribution in [0.2, 0.25) is 0 Å². The number of hydrogen-bond acceptors (Lipinski definition) is 5. The highest BCUT2D eigenvalue weighted by Crippen LogP contribution is 2.33. The third kappa shape index (κ3) is 15.8. The molecule has 1 N–H and O–H groups in total. The smallest absolute Gasteiger partial charge is 0.244 e. The first-order valence-corrected chi connectivity index (χ1v) is 13.3. The SMILES string of the molecule is C=CCC.CC.CCCOC(C)/C=C\C=C/CC(=O)N(/C=C(/c1ccc(OC)c(OC)c1)C(C)C)NC. The van der Waals surface area contributed by atoms with Crippen molar-refractivity contribution in [1.82, 2.24) is 10.4 Å². The average Bonchev–Trinajstić information content (AvgIpc) is 2.92. The first-order valence-electron chi connectivity index (χ1n) is 13.3. The zero-order chi connectivity index (χ0) is 28.6. The number of carbonyl (C=O) groups excluding carboxylic acids is 1. The van der Waals surface area contributed by atoms with Crippen LogP contribution >= 0.6 is 0 Å². The van der Waals surface area contributed by atoms with Crippen molar-refractivity contribution in [2.24, 2.45) is 5.92 Å². The summed E-state index contributed by atoms with van der Waals surface area (Å²) < 4.78 is 16.3. The molecule has 1 unspecified atom stereocenters. The van der Waals surface area contributed by atoms with E-state index in [-0.39, 0.29) is 24.3 Å². The topological polar surface area (TPSA) is 60.0 Å². The number of hydrazine groups is 1. The van der Waals surface area contributed by atoms with Crippen LogP contribution in [-0.4, -0.2) is 44.9 Å². The molecule has 0 saturated heterocycles. The van der Waals surface area contributed by atoms with Gasteiger partial charge in [0.2, 0.25) is 5.91 Å². The number of benzene rings is 1. The van der Waals surface area contributed by atoms with Crippen LogP contribution in [0.4, 0.5) is 0 Å². The second-order valence-electron chi connectivity index (χ2n) is 8.09. The molecule has 0 aliphatic heterocycles. The van der Waals surface area contributed by atoms with Crippen LogP contribution in [0.3, 0.4) is 0 Å². The third-order valence-electron chi connectivity index (χ3n) is 4.91. The zero-order valence-electron chi connectivity index (χ0n) is 25.0. The number of nitrogens with zero attached hydrogens (tertiary/aromatic N) is 1. The molecule has 1 aromatic carbocycles. The van der Waals surface area contributed by atoms with Crippen molar-refractivity contribution in [2.75, 3.05) is 27.9 Å². The highest BCUT2D eigenvalue weighted by Gasteiger charge is 2.15. The van der Waals surface area contributed by atoms with E-state index in [1.165, 1.54) is 5.01 Å². The van der Waals surface area contributed by atoms with Crippen molar-refractivity contribution >= 4 is 11.5 Å². The molecule has 1 amide bonds. The van der Waals surface area contributed by atoms with Crippen LogP contribution < -0.4 is 14.9 Å². The quantitative estimate of drug-likeness (QED) is 0.157. The maximum Gasteiger partial charge on any atom is 0.244 e. The Morgan fingerprint density at radius 1 is 1.08 bits per heavy atom. The molecule has 0 aliphatic rings. The van der Waals surface area contributed by atoms with Gasteiger partial charge in [0.25, 0.3) is 0 Å². The number of rotatable bonds is 14. The second kappa shape index (κ2) is 23.6. The maximum atomic E-state index is 12.7. The lowest BCUT2D eigenvalue weighted by molar-refractivity contribution is -0.129. The summed E-state index contributed by atoms with van der Waals surface area (Å²) in [5, 5.41) is 1.52. The second-order valence-corrected chi connectivity index (χ2v) is 8.09. The fourth-order valence-corrected chi connectivity index (χ4v) is 2.90. The fraction of sp³-hybridized carbons (Fsp3) is 0.516. The van der Waals surface area contributed by atoms with E-state index in [0.29, 0.717) is 11.5 Å². The Morgan fingerprint density at radius 3 is 2.19 bits per heavy atom. The minimum absolute atomic E-state index is 0.0546. The number of ether oxygens (including phenoxy) is 3. The number of hydrogen-bond donors (Lipinski definition) is 1. The van der Waals surface area contributed by atoms with Crippen molar-refractivity contribution in [1.29, 1.82) is 0 Å². The molecule has 0 radical (unpaired) electrons. The summed E-state index contributed by atoms with van der Waals surface area (Å²) in [5.74, 6) is 1.47. The molecule has 6 nitrogen and oxygen atoms in total. The first-order chi connectivity index (χ1) is 17.8. The van der Waals surface area contributed by atoms with Gasteiger partial charge in [0.1, 0.15) is 0 Å². The zero-order valence-corrected chi connectivity index (χ0v) is 25.0. The van der Waals surface area contributed by atoms with E-state index >= 15 is 0 Å². The number of methoxy groups -OCH3 is 2. The van der Waals surface area contributed by atoms with Gasteiger partial charge in [0.05, 0.1) is 20.3 Å². The van der Waals surface area contributed by atoms with Gasteiger partial charge in [-0.25, -0.2) is 5.43 Å². The van der Waals surface area contributed by atoms with E-state index < -0.39 is 0 Å². The van der Waals surface area contributed by atoms with Gasteiger partial charge in [0.15, 0.2) is 11.5 Å². The molecule has 0 bridgehead atoms. The Bertz CT molecular complexity index is 828. The minimum Gasteiger partial charge on any atom is -0.493 e. The minimum atomic E-state index is -0.0546. The van der Waals surface area contributed by atoms with Crippen molar-refractivity contribution in [3.63, 3.8) is 0 Å². The molecular weight excluding hydrogens is 464 g/mol. The van der Waals surface area contributed by atoms with E-state index in [4.69, 9.17) is 14.2 Å². The Balaban J connectivity index is 0. The molecular formula is C31H52N2O4. The molecule has 210 valence electrons. The van der Waals surface area contributed by atoms with Crippen LogP contribution in [0.25, 0.3) is 5.57 Å². The van der Waals surface area contributed by atoms with E-state index in [1.54, 1.807) is 21.3 Å². The molecule has 0 spiro atoms. The monoisotopic (exact) mass is 516 g/mol. The van der Waals surface area contributed by atoms with Crippen molar-refractivity contribution in [3.05, 3.63) is 66.9 Å². The lowest BCUT2D eigenvalue weighted by atomic mass is 9.96. The molecule has 1 atom stereocenters. The van der Waals surface area contributed by atoms with Gasteiger partial charge in [-0.1, -0.05) is 78.0 Å². The van der Waals surface area contributed by atoms with Crippen molar-refractivity contribution in [2.45, 2.75) is 73.8 Å². The standard InChI is InChI=1S/C25H38N2O4.C4H8.C2H6/c1-8-16-31-20(4)12-10-9-11-13-25(28)27(26-5)18-22(19(2)3)21-14-15-23(29-6)24(17-21)30-7;1-3-4-2;1-2/h9-12,14-15,17-20,26H,8,13,16H2,1-7H3;3H,1,4H2,2H3;1-2H3/b11-9-,12-10-,22-18+;;. The molecule has 0 aromatic heterocycles. The summed E-state index contributed by atoms with van der Waals surface area (Å²) in [6.45, 7) is 18.6. The summed E-state index contributed by atoms with van der Waals surface area (Å²) >= 11 is 0. The van der Waals surface area contributed by atoms with Gasteiger partial charge in [-0.15, -0.1) is 6.58 Å². The number of allylic oxidation sites excluding steroid dienone is 4. The van der Waals surface area contributed by atoms with E-state index in [0.717, 1.165) is 30.6 Å². The molecule has 6 heteroatoms. The van der Waals surface area contributed by atoms with Crippen LogP contribution in [-0.2, 0) is 9.53 Å². The molecule has 37 heavy (non-hydrogen) atoms. The summed E-state index contributed by atoms with van der Waals surface area (Å²) in [5.41, 5.74) is 4.95. The van der Waals surface area contributed by atoms with E-state index in [2.05, 4.69) is 39.7 Å². The molecule has 0 saturated carbocycles. The molecule has 1 aromatic rings. The number of amides is 1. The predicted molar refractivity (Wildman–Crippen MR) is 159 cm³/mol. The van der Waals surface area contributed by atoms with Crippen LogP contribution in [0.5, 0.6) is 11.5 Å². The Morgan fingerprint density at radius 2 is 1.70 bits per heavy atom. The lowest BCUT2D eigenvalue weighted by Gasteiger charge is -2.21. The fourth-order valence-electron chi connectivity index (χ4n) is 2.90. The van der Waals surface area contributed by atoms with Crippen LogP contribution in [0.1, 0.15) is 73.3 Å². The largest absolute Gasteiger partial charge is 0.493 e. The maximum absolute atomic E-state index is 12.7. The number of nitrogens with one attached hydrogen (secondary N) is 1. The van der Waals surface area contributed by atoms with Crippen molar-refractivity contribution in [3.8, 4) is 11.5 Å². The van der Waals surface area contributed by atoms with Gasteiger partial charge in [-0.05, 0) is 49.0 Å². The van der Waals surface area contributed by atoms with Gasteiger partial charge in [0, 0.05) is 26.3 Å². The van der Waals surface area contributed by atoms with Crippen LogP contribution in [0, 0.1) is 5.92 Å². The van der Waals surface area contributed by atoms with Crippen LogP contribution in [0.15, 0.2) is 61.4 Å². The highest BCUT2D eigenvalue weighted by atomic mass is 16.5. The highest BCUT2D eigenvalue weighted by molar-refractivity contribution is 5.80. The van der Waals surface area contributed by atoms with Gasteiger partial charge < -0.3 is 14.2 Å². The van der Waals surface area contributed by atoms with Gasteiger partial charge >= 0.3 is 0 Å². The summed E-state index contributed by atoms with van der Waals surface area (Å²) in [7, 11) is 4.96. The molecule has 0 fully saturated rings. The number of carbonyl (C=O) groups is 1. The van der Waals surface area contributed by atoms with E-state index in [9.17, 15) is 4.79 Å². The average molecular weight is 517 g/mol. The predicted octanol–water partition coefficient (Wildman–Crippen LogP) is 7.59. The molecule has 1 rings (SSSR count). The summed E-state index contributed by atoms with van der Waals surface area (Å²) in [4.78, 5) is 12.7. The Kier molecular flexibility index (Phi) is 23.1. The third-order valence-corrected chi connectivity index (χ3v) is 4.91. The van der Waals surface area contributed by atoms with Crippen molar-refractivity contribution < 1.29 is 19.0 Å². The summed E-state index contributed by atoms with van der Waals surface area (Å²) in [6.07, 6.45) is 13.7. The molecule has 0 aliphatic carbocycles. The van der Waals surface area contributed by atoms with Gasteiger partial charge in [-0.3, -0.25) is 9.80 Å². The molecule has 0 heterocycles. The first kappa shape index (κ1) is 36.3. The Labute approximate surface area is 227 Å². The van der Waals surface area contributed by atoms with Gasteiger partial charge in [-0.2, -0.15) is 0 Å². The normalized spacial score (nSPS) is 11.9. The Hall–Kier alpha value is -2.83.